The molecule has 0 unspecified atom stereocenters. The van der Waals surface area contributed by atoms with Crippen LogP contribution in [0.3, 0.4) is 0 Å². The number of thiophene rings is 1. The molecular weight excluding hydrogens is 351 g/mol. The van der Waals surface area contributed by atoms with Gasteiger partial charge in [-0.1, -0.05) is 41.9 Å². The maximum absolute atomic E-state index is 12.4. The average molecular weight is 373 g/mol. The van der Waals surface area contributed by atoms with Crippen LogP contribution in [0.2, 0.25) is 5.02 Å². The van der Waals surface area contributed by atoms with E-state index in [1.54, 1.807) is 11.3 Å². The van der Waals surface area contributed by atoms with Gasteiger partial charge in [0, 0.05) is 36.3 Å². The van der Waals surface area contributed by atoms with Crippen LogP contribution in [-0.4, -0.2) is 30.4 Å². The van der Waals surface area contributed by atoms with E-state index in [9.17, 15) is 4.79 Å². The fourth-order valence-electron chi connectivity index (χ4n) is 2.30. The van der Waals surface area contributed by atoms with E-state index in [0.29, 0.717) is 26.1 Å². The van der Waals surface area contributed by atoms with E-state index in [1.165, 1.54) is 5.56 Å². The Balaban J connectivity index is 0.00000264. The summed E-state index contributed by atoms with van der Waals surface area (Å²) in [6.07, 6.45) is 2.10. The molecule has 0 spiro atoms. The molecule has 2 aromatic rings. The number of rotatable bonds is 8. The monoisotopic (exact) mass is 372 g/mol. The Morgan fingerprint density at radius 2 is 1.91 bits per heavy atom. The summed E-state index contributed by atoms with van der Waals surface area (Å²) in [5.74, 6) is 0.158. The van der Waals surface area contributed by atoms with E-state index in [2.05, 4.69) is 12.1 Å². The second kappa shape index (κ2) is 10.7. The third-order valence-electron chi connectivity index (χ3n) is 3.47. The molecule has 0 bridgehead atoms. The second-order valence-corrected chi connectivity index (χ2v) is 6.57. The quantitative estimate of drug-likeness (QED) is 0.765. The number of aryl methyl sites for hydroxylation is 1. The largest absolute Gasteiger partial charge is 0.341 e. The third kappa shape index (κ3) is 6.92. The summed E-state index contributed by atoms with van der Waals surface area (Å²) in [6, 6.07) is 12.1. The van der Waals surface area contributed by atoms with Crippen LogP contribution >= 0.6 is 35.3 Å². The van der Waals surface area contributed by atoms with Crippen LogP contribution in [-0.2, 0) is 17.6 Å². The van der Waals surface area contributed by atoms with E-state index >= 15 is 0 Å². The zero-order valence-electron chi connectivity index (χ0n) is 12.9. The molecule has 1 aromatic heterocycles. The second-order valence-electron chi connectivity index (χ2n) is 5.14. The lowest BCUT2D eigenvalue weighted by Crippen LogP contribution is -2.37. The van der Waals surface area contributed by atoms with Crippen LogP contribution < -0.4 is 5.73 Å². The molecule has 0 atom stereocenters. The summed E-state index contributed by atoms with van der Waals surface area (Å²) in [7, 11) is 0. The van der Waals surface area contributed by atoms with Crippen LogP contribution in [0, 0.1) is 0 Å². The molecule has 0 aliphatic carbocycles. The van der Waals surface area contributed by atoms with E-state index in [1.807, 2.05) is 34.5 Å². The number of halogens is 2. The lowest BCUT2D eigenvalue weighted by atomic mass is 10.1. The highest BCUT2D eigenvalue weighted by molar-refractivity contribution is 7.10. The van der Waals surface area contributed by atoms with Gasteiger partial charge in [-0.05, 0) is 24.5 Å². The lowest BCUT2D eigenvalue weighted by Gasteiger charge is -2.22. The van der Waals surface area contributed by atoms with Gasteiger partial charge in [0.2, 0.25) is 5.91 Å². The van der Waals surface area contributed by atoms with Gasteiger partial charge in [-0.3, -0.25) is 4.79 Å². The zero-order chi connectivity index (χ0) is 15.8. The van der Waals surface area contributed by atoms with Gasteiger partial charge in [0.1, 0.15) is 0 Å². The minimum absolute atomic E-state index is 0. The van der Waals surface area contributed by atoms with Crippen molar-refractivity contribution in [2.24, 2.45) is 5.73 Å². The maximum Gasteiger partial charge on any atom is 0.222 e. The summed E-state index contributed by atoms with van der Waals surface area (Å²) in [5, 5.41) is 2.64. The molecule has 0 aliphatic heterocycles. The van der Waals surface area contributed by atoms with Gasteiger partial charge in [-0.25, -0.2) is 0 Å². The molecule has 0 saturated heterocycles. The Labute approximate surface area is 152 Å². The van der Waals surface area contributed by atoms with Crippen molar-refractivity contribution in [1.82, 2.24) is 4.90 Å². The van der Waals surface area contributed by atoms with E-state index in [4.69, 9.17) is 17.3 Å². The van der Waals surface area contributed by atoms with Crippen molar-refractivity contribution in [3.63, 3.8) is 0 Å². The molecule has 2 rings (SSSR count). The SMILES string of the molecule is Cl.NCCN(CCc1ccccc1)C(=O)CCc1cc(Cl)cs1. The molecule has 2 N–H and O–H groups in total. The summed E-state index contributed by atoms with van der Waals surface area (Å²) >= 11 is 7.50. The van der Waals surface area contributed by atoms with Gasteiger partial charge in [-0.2, -0.15) is 0 Å². The topological polar surface area (TPSA) is 46.3 Å². The van der Waals surface area contributed by atoms with Crippen LogP contribution in [0.25, 0.3) is 0 Å². The Hall–Kier alpha value is -1.07. The summed E-state index contributed by atoms with van der Waals surface area (Å²) < 4.78 is 0. The molecule has 6 heteroatoms. The smallest absolute Gasteiger partial charge is 0.222 e. The highest BCUT2D eigenvalue weighted by Gasteiger charge is 2.13. The van der Waals surface area contributed by atoms with Crippen LogP contribution in [0.4, 0.5) is 0 Å². The van der Waals surface area contributed by atoms with E-state index < -0.39 is 0 Å². The van der Waals surface area contributed by atoms with Crippen molar-refractivity contribution in [1.29, 1.82) is 0 Å². The minimum atomic E-state index is 0. The van der Waals surface area contributed by atoms with Crippen molar-refractivity contribution in [3.8, 4) is 0 Å². The molecule has 1 amide bonds. The van der Waals surface area contributed by atoms with Gasteiger partial charge in [0.25, 0.3) is 0 Å². The highest BCUT2D eigenvalue weighted by atomic mass is 35.5. The number of carbonyl (C=O) groups excluding carboxylic acids is 1. The first-order valence-corrected chi connectivity index (χ1v) is 8.69. The average Bonchev–Trinajstić information content (AvgIpc) is 2.95. The Bertz CT molecular complexity index is 589. The molecular formula is C17H22Cl2N2OS. The van der Waals surface area contributed by atoms with Crippen molar-refractivity contribution in [2.75, 3.05) is 19.6 Å². The summed E-state index contributed by atoms with van der Waals surface area (Å²) in [6.45, 7) is 1.81. The number of carbonyl (C=O) groups is 1. The first-order chi connectivity index (χ1) is 10.7. The van der Waals surface area contributed by atoms with Crippen molar-refractivity contribution in [2.45, 2.75) is 19.3 Å². The van der Waals surface area contributed by atoms with Gasteiger partial charge in [0.05, 0.1) is 5.02 Å². The molecule has 0 aliphatic rings. The molecule has 0 fully saturated rings. The molecule has 1 heterocycles. The molecule has 126 valence electrons. The van der Waals surface area contributed by atoms with Gasteiger partial charge in [-0.15, -0.1) is 23.7 Å². The standard InChI is InChI=1S/C17H21ClN2OS.ClH/c18-15-12-16(22-13-15)6-7-17(21)20(11-9-19)10-8-14-4-2-1-3-5-14;/h1-5,12-13H,6-11,19H2;1H. The third-order valence-corrected chi connectivity index (χ3v) is 4.82. The first kappa shape index (κ1) is 20.0. The van der Waals surface area contributed by atoms with Crippen LogP contribution in [0.15, 0.2) is 41.8 Å². The number of nitrogens with zero attached hydrogens (tertiary/aromatic N) is 1. The fourth-order valence-corrected chi connectivity index (χ4v) is 3.38. The van der Waals surface area contributed by atoms with Crippen molar-refractivity contribution >= 4 is 41.3 Å². The van der Waals surface area contributed by atoms with E-state index in [0.717, 1.165) is 22.7 Å². The Morgan fingerprint density at radius 3 is 2.52 bits per heavy atom. The Morgan fingerprint density at radius 1 is 1.17 bits per heavy atom. The lowest BCUT2D eigenvalue weighted by molar-refractivity contribution is -0.131. The zero-order valence-corrected chi connectivity index (χ0v) is 15.3. The molecule has 23 heavy (non-hydrogen) atoms. The fraction of sp³-hybridized carbons (Fsp3) is 0.353. The van der Waals surface area contributed by atoms with Crippen LogP contribution in [0.1, 0.15) is 16.9 Å². The number of hydrogen-bond acceptors (Lipinski definition) is 3. The summed E-state index contributed by atoms with van der Waals surface area (Å²) in [5.41, 5.74) is 6.88. The molecule has 0 saturated carbocycles. The normalized spacial score (nSPS) is 10.2. The first-order valence-electron chi connectivity index (χ1n) is 7.43. The number of amides is 1. The van der Waals surface area contributed by atoms with Gasteiger partial charge < -0.3 is 10.6 Å². The molecule has 0 radical (unpaired) electrons. The highest BCUT2D eigenvalue weighted by Crippen LogP contribution is 2.20. The number of benzene rings is 1. The maximum atomic E-state index is 12.4. The van der Waals surface area contributed by atoms with Gasteiger partial charge in [0.15, 0.2) is 0 Å². The van der Waals surface area contributed by atoms with Crippen LogP contribution in [0.5, 0.6) is 0 Å². The van der Waals surface area contributed by atoms with E-state index in [-0.39, 0.29) is 18.3 Å². The predicted octanol–water partition coefficient (Wildman–Crippen LogP) is 3.79. The van der Waals surface area contributed by atoms with Gasteiger partial charge >= 0.3 is 0 Å². The molecule has 1 aromatic carbocycles. The number of hydrogen-bond donors (Lipinski definition) is 1. The minimum Gasteiger partial charge on any atom is -0.341 e. The number of nitrogens with two attached hydrogens (primary N) is 1. The Kier molecular flexibility index (Phi) is 9.26. The van der Waals surface area contributed by atoms with Crippen molar-refractivity contribution in [3.05, 3.63) is 57.2 Å². The summed E-state index contributed by atoms with van der Waals surface area (Å²) in [4.78, 5) is 15.4. The molecule has 3 nitrogen and oxygen atoms in total. The van der Waals surface area contributed by atoms with Crippen molar-refractivity contribution < 1.29 is 4.79 Å². The predicted molar refractivity (Wildman–Crippen MR) is 101 cm³/mol.